The maximum Gasteiger partial charge on any atom is 0.261 e. The highest BCUT2D eigenvalue weighted by molar-refractivity contribution is 8.00. The van der Waals surface area contributed by atoms with Crippen LogP contribution in [0.1, 0.15) is 35.3 Å². The van der Waals surface area contributed by atoms with Crippen molar-refractivity contribution in [3.63, 3.8) is 0 Å². The van der Waals surface area contributed by atoms with Crippen LogP contribution in [0.2, 0.25) is 0 Å². The highest BCUT2D eigenvalue weighted by Crippen LogP contribution is 2.28. The molecule has 1 amide bonds. The number of hydrogen-bond donors (Lipinski definition) is 2. The van der Waals surface area contributed by atoms with Crippen molar-refractivity contribution in [2.24, 2.45) is 0 Å². The van der Waals surface area contributed by atoms with E-state index in [0.717, 1.165) is 16.0 Å². The zero-order valence-electron chi connectivity index (χ0n) is 18.0. The third-order valence-corrected chi connectivity index (χ3v) is 7.08. The molecule has 0 bridgehead atoms. The number of thioether (sulfide) groups is 1. The summed E-state index contributed by atoms with van der Waals surface area (Å²) in [4.78, 5) is 13.8. The summed E-state index contributed by atoms with van der Waals surface area (Å²) >= 11 is 1.62. The maximum atomic E-state index is 12.8. The first-order chi connectivity index (χ1) is 14.7. The van der Waals surface area contributed by atoms with Gasteiger partial charge in [0.15, 0.2) is 0 Å². The minimum atomic E-state index is -3.74. The van der Waals surface area contributed by atoms with Crippen molar-refractivity contribution in [1.82, 2.24) is 0 Å². The molecule has 2 N–H and O–H groups in total. The lowest BCUT2D eigenvalue weighted by Crippen LogP contribution is -2.15. The standard InChI is InChI=1S/C24H26N2O3S2/c1-16(2)30-22-11-6-5-10-21(22)24(27)25-19-12-14-20(15-13-19)31(28,29)26-23-17(3)8-7-9-18(23)4/h5-16,26H,1-4H3,(H,25,27). The van der Waals surface area contributed by atoms with Crippen LogP contribution in [-0.2, 0) is 10.0 Å². The van der Waals surface area contributed by atoms with Crippen LogP contribution in [0.15, 0.2) is 76.5 Å². The first-order valence-corrected chi connectivity index (χ1v) is 12.3. The lowest BCUT2D eigenvalue weighted by atomic mass is 10.1. The van der Waals surface area contributed by atoms with Gasteiger partial charge in [0.1, 0.15) is 0 Å². The number of aryl methyl sites for hydroxylation is 2. The quantitative estimate of drug-likeness (QED) is 0.439. The van der Waals surface area contributed by atoms with Crippen LogP contribution in [0.25, 0.3) is 0 Å². The Balaban J connectivity index is 1.77. The Morgan fingerprint density at radius 2 is 1.48 bits per heavy atom. The number of hydrogen-bond acceptors (Lipinski definition) is 4. The Hall–Kier alpha value is -2.77. The number of amides is 1. The summed E-state index contributed by atoms with van der Waals surface area (Å²) in [7, 11) is -3.74. The highest BCUT2D eigenvalue weighted by atomic mass is 32.2. The van der Waals surface area contributed by atoms with Crippen molar-refractivity contribution in [1.29, 1.82) is 0 Å². The van der Waals surface area contributed by atoms with E-state index in [1.165, 1.54) is 12.1 Å². The first-order valence-electron chi connectivity index (χ1n) is 9.93. The molecule has 0 spiro atoms. The summed E-state index contributed by atoms with van der Waals surface area (Å²) in [5.41, 5.74) is 3.41. The van der Waals surface area contributed by atoms with Crippen LogP contribution in [0, 0.1) is 13.8 Å². The largest absolute Gasteiger partial charge is 0.322 e. The molecule has 0 saturated carbocycles. The molecule has 0 aromatic heterocycles. The molecule has 0 aliphatic carbocycles. The van der Waals surface area contributed by atoms with E-state index in [1.807, 2.05) is 50.2 Å². The van der Waals surface area contributed by atoms with E-state index in [0.29, 0.717) is 22.2 Å². The number of carbonyl (C=O) groups is 1. The van der Waals surface area contributed by atoms with E-state index in [4.69, 9.17) is 0 Å². The maximum absolute atomic E-state index is 12.8. The fraction of sp³-hybridized carbons (Fsp3) is 0.208. The molecule has 0 aliphatic rings. The van der Waals surface area contributed by atoms with E-state index in [2.05, 4.69) is 23.9 Å². The van der Waals surface area contributed by atoms with Gasteiger partial charge in [0.05, 0.1) is 16.1 Å². The molecule has 0 atom stereocenters. The number of carbonyl (C=O) groups excluding carboxylic acids is 1. The predicted molar refractivity (Wildman–Crippen MR) is 129 cm³/mol. The van der Waals surface area contributed by atoms with Gasteiger partial charge in [-0.25, -0.2) is 8.42 Å². The molecular formula is C24H26N2O3S2. The van der Waals surface area contributed by atoms with Crippen molar-refractivity contribution in [3.05, 3.63) is 83.4 Å². The number of sulfonamides is 1. The van der Waals surface area contributed by atoms with Gasteiger partial charge < -0.3 is 5.32 Å². The van der Waals surface area contributed by atoms with Crippen molar-refractivity contribution in [2.45, 2.75) is 42.7 Å². The summed E-state index contributed by atoms with van der Waals surface area (Å²) in [5, 5.41) is 3.20. The zero-order valence-corrected chi connectivity index (χ0v) is 19.6. The van der Waals surface area contributed by atoms with Crippen molar-refractivity contribution in [2.75, 3.05) is 10.0 Å². The molecule has 0 radical (unpaired) electrons. The van der Waals surface area contributed by atoms with E-state index >= 15 is 0 Å². The van der Waals surface area contributed by atoms with Gasteiger partial charge in [0.25, 0.3) is 15.9 Å². The number of nitrogens with one attached hydrogen (secondary N) is 2. The van der Waals surface area contributed by atoms with Gasteiger partial charge in [0, 0.05) is 15.8 Å². The molecule has 5 nitrogen and oxygen atoms in total. The van der Waals surface area contributed by atoms with Crippen molar-refractivity contribution in [3.8, 4) is 0 Å². The molecule has 0 unspecified atom stereocenters. The number of rotatable bonds is 7. The third kappa shape index (κ3) is 5.68. The van der Waals surface area contributed by atoms with Crippen molar-refractivity contribution >= 4 is 39.1 Å². The molecule has 7 heteroatoms. The Bertz CT molecular complexity index is 1170. The fourth-order valence-electron chi connectivity index (χ4n) is 3.10. The summed E-state index contributed by atoms with van der Waals surface area (Å²) in [5.74, 6) is -0.229. The van der Waals surface area contributed by atoms with Crippen LogP contribution in [-0.4, -0.2) is 19.6 Å². The predicted octanol–water partition coefficient (Wildman–Crippen LogP) is 5.86. The summed E-state index contributed by atoms with van der Waals surface area (Å²) in [6, 6.07) is 19.2. The number of para-hydroxylation sites is 1. The molecular weight excluding hydrogens is 428 g/mol. The topological polar surface area (TPSA) is 75.3 Å². The van der Waals surface area contributed by atoms with Crippen LogP contribution in [0.5, 0.6) is 0 Å². The summed E-state index contributed by atoms with van der Waals surface area (Å²) in [6.45, 7) is 7.87. The average molecular weight is 455 g/mol. The second-order valence-electron chi connectivity index (χ2n) is 7.51. The average Bonchev–Trinajstić information content (AvgIpc) is 2.71. The SMILES string of the molecule is Cc1cccc(C)c1NS(=O)(=O)c1ccc(NC(=O)c2ccccc2SC(C)C)cc1. The Kier molecular flexibility index (Phi) is 7.08. The van der Waals surface area contributed by atoms with Gasteiger partial charge >= 0.3 is 0 Å². The number of anilines is 2. The molecule has 3 rings (SSSR count). The lowest BCUT2D eigenvalue weighted by molar-refractivity contribution is 0.102. The Morgan fingerprint density at radius 3 is 2.10 bits per heavy atom. The van der Waals surface area contributed by atoms with Crippen LogP contribution in [0.4, 0.5) is 11.4 Å². The van der Waals surface area contributed by atoms with E-state index < -0.39 is 10.0 Å². The molecule has 0 heterocycles. The van der Waals surface area contributed by atoms with Gasteiger partial charge in [-0.1, -0.05) is 44.2 Å². The molecule has 0 saturated heterocycles. The third-order valence-electron chi connectivity index (χ3n) is 4.63. The van der Waals surface area contributed by atoms with Gasteiger partial charge in [-0.3, -0.25) is 9.52 Å². The molecule has 0 aliphatic heterocycles. The second kappa shape index (κ2) is 9.58. The summed E-state index contributed by atoms with van der Waals surface area (Å²) < 4.78 is 28.3. The minimum absolute atomic E-state index is 0.129. The molecule has 0 fully saturated rings. The lowest BCUT2D eigenvalue weighted by Gasteiger charge is -2.14. The number of benzene rings is 3. The first kappa shape index (κ1) is 22.9. The fourth-order valence-corrected chi connectivity index (χ4v) is 5.25. The van der Waals surface area contributed by atoms with E-state index in [1.54, 1.807) is 30.0 Å². The van der Waals surface area contributed by atoms with Gasteiger partial charge in [-0.05, 0) is 61.4 Å². The molecule has 3 aromatic rings. The van der Waals surface area contributed by atoms with E-state index in [9.17, 15) is 13.2 Å². The van der Waals surface area contributed by atoms with Crippen LogP contribution in [0.3, 0.4) is 0 Å². The molecule has 162 valence electrons. The van der Waals surface area contributed by atoms with Gasteiger partial charge in [-0.2, -0.15) is 0 Å². The Labute approximate surface area is 188 Å². The van der Waals surface area contributed by atoms with Crippen molar-refractivity contribution < 1.29 is 13.2 Å². The van der Waals surface area contributed by atoms with Crippen LogP contribution >= 0.6 is 11.8 Å². The van der Waals surface area contributed by atoms with Gasteiger partial charge in [-0.15, -0.1) is 11.8 Å². The second-order valence-corrected chi connectivity index (χ2v) is 10.8. The summed E-state index contributed by atoms with van der Waals surface area (Å²) in [6.07, 6.45) is 0. The monoisotopic (exact) mass is 454 g/mol. The van der Waals surface area contributed by atoms with E-state index in [-0.39, 0.29) is 10.8 Å². The Morgan fingerprint density at radius 1 is 0.871 bits per heavy atom. The minimum Gasteiger partial charge on any atom is -0.322 e. The highest BCUT2D eigenvalue weighted by Gasteiger charge is 2.17. The normalized spacial score (nSPS) is 11.4. The van der Waals surface area contributed by atoms with Gasteiger partial charge in [0.2, 0.25) is 0 Å². The zero-order chi connectivity index (χ0) is 22.6. The van der Waals surface area contributed by atoms with Crippen LogP contribution < -0.4 is 10.0 Å². The molecule has 31 heavy (non-hydrogen) atoms. The molecule has 3 aromatic carbocycles. The smallest absolute Gasteiger partial charge is 0.261 e.